The topological polar surface area (TPSA) is 59.2 Å². The number of aryl methyl sites for hydroxylation is 2. The van der Waals surface area contributed by atoms with Crippen molar-refractivity contribution in [3.63, 3.8) is 0 Å². The minimum atomic E-state index is -0.373. The monoisotopic (exact) mass is 211 g/mol. The lowest BCUT2D eigenvalue weighted by molar-refractivity contribution is -0.119. The molecule has 1 atom stereocenters. The molecule has 0 aromatic carbocycles. The average molecular weight is 211 g/mol. The molecule has 1 amide bonds. The zero-order chi connectivity index (χ0) is 10.3. The third-order valence-electron chi connectivity index (χ3n) is 2.43. The van der Waals surface area contributed by atoms with Crippen molar-refractivity contribution in [3.8, 4) is 0 Å². The minimum Gasteiger partial charge on any atom is -0.320 e. The number of carbonyl (C=O) groups excluding carboxylic acids is 1. The van der Waals surface area contributed by atoms with Crippen LogP contribution in [-0.4, -0.2) is 24.0 Å². The highest BCUT2D eigenvalue weighted by atomic mass is 32.1. The molecule has 1 aliphatic rings. The van der Waals surface area contributed by atoms with Crippen LogP contribution in [0, 0.1) is 6.92 Å². The van der Waals surface area contributed by atoms with Crippen LogP contribution in [0.15, 0.2) is 0 Å². The molecule has 2 rings (SSSR count). The SMILES string of the molecule is Cc1nc2c(s1)CC[C@H](N)C(=O)N2C. The standard InChI is InChI=1S/C9H13N3OS/c1-5-11-8-7(14-5)4-3-6(10)9(13)12(8)2/h6H,3-4,10H2,1-2H3/t6-/m0/s1. The number of aromatic nitrogens is 1. The van der Waals surface area contributed by atoms with E-state index in [9.17, 15) is 4.79 Å². The molecular weight excluding hydrogens is 198 g/mol. The minimum absolute atomic E-state index is 0.0333. The van der Waals surface area contributed by atoms with Gasteiger partial charge in [-0.1, -0.05) is 0 Å². The first-order valence-corrected chi connectivity index (χ1v) is 5.40. The van der Waals surface area contributed by atoms with E-state index in [0.29, 0.717) is 0 Å². The molecule has 0 fully saturated rings. The normalized spacial score (nSPS) is 22.1. The number of hydrogen-bond acceptors (Lipinski definition) is 4. The number of anilines is 1. The van der Waals surface area contributed by atoms with E-state index in [1.807, 2.05) is 6.92 Å². The summed E-state index contributed by atoms with van der Waals surface area (Å²) in [4.78, 5) is 18.8. The fourth-order valence-electron chi connectivity index (χ4n) is 1.65. The van der Waals surface area contributed by atoms with Crippen molar-refractivity contribution in [3.05, 3.63) is 9.88 Å². The van der Waals surface area contributed by atoms with Crippen molar-refractivity contribution >= 4 is 23.1 Å². The Morgan fingerprint density at radius 2 is 2.36 bits per heavy atom. The van der Waals surface area contributed by atoms with E-state index < -0.39 is 0 Å². The Kier molecular flexibility index (Phi) is 2.28. The Bertz CT molecular complexity index is 374. The van der Waals surface area contributed by atoms with Gasteiger partial charge in [0.05, 0.1) is 11.0 Å². The van der Waals surface area contributed by atoms with Gasteiger partial charge in [-0.15, -0.1) is 11.3 Å². The van der Waals surface area contributed by atoms with Crippen LogP contribution < -0.4 is 10.6 Å². The molecule has 0 saturated carbocycles. The lowest BCUT2D eigenvalue weighted by Crippen LogP contribution is -2.40. The summed E-state index contributed by atoms with van der Waals surface area (Å²) >= 11 is 1.65. The Hall–Kier alpha value is -0.940. The van der Waals surface area contributed by atoms with Crippen molar-refractivity contribution in [2.24, 2.45) is 5.73 Å². The molecule has 2 N–H and O–H groups in total. The molecule has 1 aromatic rings. The maximum atomic E-state index is 11.7. The number of rotatable bonds is 0. The summed E-state index contributed by atoms with van der Waals surface area (Å²) in [6.07, 6.45) is 1.58. The predicted octanol–water partition coefficient (Wildman–Crippen LogP) is 0.688. The van der Waals surface area contributed by atoms with Crippen molar-refractivity contribution in [2.45, 2.75) is 25.8 Å². The molecule has 0 unspecified atom stereocenters. The van der Waals surface area contributed by atoms with E-state index in [0.717, 1.165) is 23.7 Å². The lowest BCUT2D eigenvalue weighted by Gasteiger charge is -2.15. The Balaban J connectivity index is 2.43. The Morgan fingerprint density at radius 1 is 1.64 bits per heavy atom. The zero-order valence-electron chi connectivity index (χ0n) is 8.28. The van der Waals surface area contributed by atoms with Gasteiger partial charge >= 0.3 is 0 Å². The van der Waals surface area contributed by atoms with Crippen LogP contribution in [0.1, 0.15) is 16.3 Å². The summed E-state index contributed by atoms with van der Waals surface area (Å²) in [6, 6.07) is -0.373. The van der Waals surface area contributed by atoms with Crippen LogP contribution in [-0.2, 0) is 11.2 Å². The van der Waals surface area contributed by atoms with E-state index in [1.165, 1.54) is 4.88 Å². The van der Waals surface area contributed by atoms with Crippen molar-refractivity contribution in [1.82, 2.24) is 4.98 Å². The molecule has 0 spiro atoms. The zero-order valence-corrected chi connectivity index (χ0v) is 9.10. The van der Waals surface area contributed by atoms with Gasteiger partial charge in [0.2, 0.25) is 5.91 Å². The van der Waals surface area contributed by atoms with E-state index in [1.54, 1.807) is 23.3 Å². The van der Waals surface area contributed by atoms with Crippen LogP contribution in [0.5, 0.6) is 0 Å². The van der Waals surface area contributed by atoms with Gasteiger partial charge < -0.3 is 5.73 Å². The maximum absolute atomic E-state index is 11.7. The number of nitrogens with zero attached hydrogens (tertiary/aromatic N) is 2. The second-order valence-electron chi connectivity index (χ2n) is 3.52. The molecule has 1 aromatic heterocycles. The first-order valence-electron chi connectivity index (χ1n) is 4.59. The molecular formula is C9H13N3OS. The highest BCUT2D eigenvalue weighted by Crippen LogP contribution is 2.29. The average Bonchev–Trinajstić information content (AvgIpc) is 2.49. The summed E-state index contributed by atoms with van der Waals surface area (Å²) in [5.74, 6) is 0.763. The molecule has 1 aliphatic heterocycles. The molecule has 14 heavy (non-hydrogen) atoms. The molecule has 5 heteroatoms. The molecule has 0 saturated heterocycles. The highest BCUT2D eigenvalue weighted by molar-refractivity contribution is 7.12. The molecule has 0 bridgehead atoms. The van der Waals surface area contributed by atoms with Crippen LogP contribution in [0.4, 0.5) is 5.82 Å². The summed E-state index contributed by atoms with van der Waals surface area (Å²) in [7, 11) is 1.74. The summed E-state index contributed by atoms with van der Waals surface area (Å²) in [5.41, 5.74) is 5.73. The van der Waals surface area contributed by atoms with Gasteiger partial charge in [-0.2, -0.15) is 0 Å². The predicted molar refractivity (Wildman–Crippen MR) is 56.6 cm³/mol. The van der Waals surface area contributed by atoms with Crippen LogP contribution in [0.25, 0.3) is 0 Å². The number of thiazole rings is 1. The first-order chi connectivity index (χ1) is 6.59. The van der Waals surface area contributed by atoms with Gasteiger partial charge in [-0.3, -0.25) is 9.69 Å². The third kappa shape index (κ3) is 1.42. The smallest absolute Gasteiger partial charge is 0.244 e. The number of fused-ring (bicyclic) bond motifs is 1. The van der Waals surface area contributed by atoms with Crippen molar-refractivity contribution in [2.75, 3.05) is 11.9 Å². The number of carbonyl (C=O) groups is 1. The second-order valence-corrected chi connectivity index (χ2v) is 4.81. The molecule has 4 nitrogen and oxygen atoms in total. The van der Waals surface area contributed by atoms with Crippen LogP contribution in [0.2, 0.25) is 0 Å². The number of nitrogens with two attached hydrogens (primary N) is 1. The van der Waals surface area contributed by atoms with Crippen LogP contribution >= 0.6 is 11.3 Å². The molecule has 76 valence electrons. The van der Waals surface area contributed by atoms with E-state index >= 15 is 0 Å². The fourth-order valence-corrected chi connectivity index (χ4v) is 2.63. The van der Waals surface area contributed by atoms with Crippen LogP contribution in [0.3, 0.4) is 0 Å². The van der Waals surface area contributed by atoms with Gasteiger partial charge in [0.15, 0.2) is 0 Å². The van der Waals surface area contributed by atoms with Gasteiger partial charge in [-0.25, -0.2) is 4.98 Å². The molecule has 0 radical (unpaired) electrons. The summed E-state index contributed by atoms with van der Waals surface area (Å²) in [6.45, 7) is 1.96. The quantitative estimate of drug-likeness (QED) is 0.686. The van der Waals surface area contributed by atoms with Gasteiger partial charge in [0.25, 0.3) is 0 Å². The fraction of sp³-hybridized carbons (Fsp3) is 0.556. The van der Waals surface area contributed by atoms with Gasteiger partial charge in [-0.05, 0) is 19.8 Å². The van der Waals surface area contributed by atoms with Crippen molar-refractivity contribution in [1.29, 1.82) is 0 Å². The molecule has 0 aliphatic carbocycles. The summed E-state index contributed by atoms with van der Waals surface area (Å²) < 4.78 is 0. The van der Waals surface area contributed by atoms with E-state index in [2.05, 4.69) is 4.98 Å². The largest absolute Gasteiger partial charge is 0.320 e. The van der Waals surface area contributed by atoms with E-state index in [4.69, 9.17) is 5.73 Å². The Morgan fingerprint density at radius 3 is 3.07 bits per heavy atom. The number of hydrogen-bond donors (Lipinski definition) is 1. The molecule has 2 heterocycles. The summed E-state index contributed by atoms with van der Waals surface area (Å²) in [5, 5.41) is 1.00. The van der Waals surface area contributed by atoms with Gasteiger partial charge in [0, 0.05) is 11.9 Å². The lowest BCUT2D eigenvalue weighted by atomic mass is 10.2. The maximum Gasteiger partial charge on any atom is 0.244 e. The third-order valence-corrected chi connectivity index (χ3v) is 3.45. The first kappa shape index (κ1) is 9.61. The Labute approximate surface area is 86.7 Å². The van der Waals surface area contributed by atoms with E-state index in [-0.39, 0.29) is 11.9 Å². The number of likely N-dealkylation sites (N-methyl/N-ethyl adjacent to an activating group) is 1. The van der Waals surface area contributed by atoms with Crippen molar-refractivity contribution < 1.29 is 4.79 Å². The van der Waals surface area contributed by atoms with Gasteiger partial charge in [0.1, 0.15) is 5.82 Å². The highest BCUT2D eigenvalue weighted by Gasteiger charge is 2.27. The second kappa shape index (κ2) is 3.33. The number of amides is 1.